The molecule has 2 amide bonds. The van der Waals surface area contributed by atoms with Crippen molar-refractivity contribution in [3.8, 4) is 0 Å². The van der Waals surface area contributed by atoms with Gasteiger partial charge in [-0.3, -0.25) is 0 Å². The van der Waals surface area contributed by atoms with Crippen molar-refractivity contribution in [3.05, 3.63) is 11.6 Å². The summed E-state index contributed by atoms with van der Waals surface area (Å²) in [7, 11) is 0. The van der Waals surface area contributed by atoms with E-state index in [4.69, 9.17) is 0 Å². The fraction of sp³-hybridized carbons (Fsp3) is 0.727. The summed E-state index contributed by atoms with van der Waals surface area (Å²) in [6.07, 6.45) is -1.47. The maximum absolute atomic E-state index is 12.7. The van der Waals surface area contributed by atoms with Crippen LogP contribution >= 0.6 is 0 Å². The van der Waals surface area contributed by atoms with Gasteiger partial charge in [0.1, 0.15) is 0 Å². The van der Waals surface area contributed by atoms with Crippen molar-refractivity contribution in [2.75, 3.05) is 6.54 Å². The van der Waals surface area contributed by atoms with Gasteiger partial charge in [0, 0.05) is 19.1 Å². The minimum Gasteiger partial charge on any atom is -0.335 e. The number of nitrogens with one attached hydrogen (secondary N) is 1. The first kappa shape index (κ1) is 13.2. The minimum absolute atomic E-state index is 0.0572. The number of nitrogens with zero attached hydrogens (tertiary/aromatic N) is 4. The van der Waals surface area contributed by atoms with Gasteiger partial charge < -0.3 is 14.8 Å². The number of carbonyl (C=O) groups is 1. The van der Waals surface area contributed by atoms with E-state index in [1.165, 1.54) is 4.90 Å². The van der Waals surface area contributed by atoms with E-state index in [0.29, 0.717) is 0 Å². The van der Waals surface area contributed by atoms with Crippen LogP contribution in [0.4, 0.5) is 18.0 Å². The Hall–Kier alpha value is -1.80. The van der Waals surface area contributed by atoms with E-state index in [2.05, 4.69) is 15.5 Å². The normalized spacial score (nSPS) is 19.4. The Morgan fingerprint density at radius 1 is 1.25 bits per heavy atom. The molecule has 20 heavy (non-hydrogen) atoms. The molecule has 3 rings (SSSR count). The number of alkyl halides is 3. The molecule has 0 unspecified atom stereocenters. The highest BCUT2D eigenvalue weighted by Gasteiger charge is 2.40. The molecule has 0 aromatic carbocycles. The molecule has 1 fully saturated rings. The molecule has 2 heterocycles. The Bertz CT molecular complexity index is 523. The monoisotopic (exact) mass is 289 g/mol. The predicted octanol–water partition coefficient (Wildman–Crippen LogP) is 1.37. The van der Waals surface area contributed by atoms with E-state index >= 15 is 0 Å². The fourth-order valence-corrected chi connectivity index (χ4v) is 2.36. The second-order valence-corrected chi connectivity index (χ2v) is 5.09. The standard InChI is InChI=1S/C11H14F3N5O/c12-11(13,14)9-17-16-8-6-18(4-5-19(8)9)10(20)15-7-2-1-3-7/h7H,1-6H2,(H,15,20). The predicted molar refractivity (Wildman–Crippen MR) is 61.6 cm³/mol. The number of aromatic nitrogens is 3. The zero-order chi connectivity index (χ0) is 14.3. The quantitative estimate of drug-likeness (QED) is 0.849. The maximum atomic E-state index is 12.7. The third-order valence-electron chi connectivity index (χ3n) is 3.73. The van der Waals surface area contributed by atoms with Gasteiger partial charge in [-0.25, -0.2) is 4.79 Å². The summed E-state index contributed by atoms with van der Waals surface area (Å²) in [5.41, 5.74) is 0. The molecule has 1 saturated carbocycles. The molecule has 1 N–H and O–H groups in total. The van der Waals surface area contributed by atoms with E-state index in [1.807, 2.05) is 0 Å². The van der Waals surface area contributed by atoms with Crippen LogP contribution in [0, 0.1) is 0 Å². The van der Waals surface area contributed by atoms with Gasteiger partial charge in [0.05, 0.1) is 6.54 Å². The number of urea groups is 1. The van der Waals surface area contributed by atoms with Gasteiger partial charge in [-0.15, -0.1) is 10.2 Å². The Labute approximate surface area is 112 Å². The summed E-state index contributed by atoms with van der Waals surface area (Å²) in [6.45, 7) is 0.351. The van der Waals surface area contributed by atoms with Crippen LogP contribution in [0.2, 0.25) is 0 Å². The van der Waals surface area contributed by atoms with E-state index in [-0.39, 0.29) is 37.5 Å². The summed E-state index contributed by atoms with van der Waals surface area (Å²) in [5.74, 6) is -0.820. The number of hydrogen-bond donors (Lipinski definition) is 1. The molecule has 110 valence electrons. The Kier molecular flexibility index (Phi) is 3.06. The van der Waals surface area contributed by atoms with Crippen LogP contribution in [0.25, 0.3) is 0 Å². The van der Waals surface area contributed by atoms with E-state index in [9.17, 15) is 18.0 Å². The van der Waals surface area contributed by atoms with Gasteiger partial charge in [0.15, 0.2) is 5.82 Å². The third kappa shape index (κ3) is 2.32. The van der Waals surface area contributed by atoms with Gasteiger partial charge in [-0.1, -0.05) is 0 Å². The van der Waals surface area contributed by atoms with Crippen LogP contribution in [0.15, 0.2) is 0 Å². The maximum Gasteiger partial charge on any atom is 0.451 e. The third-order valence-corrected chi connectivity index (χ3v) is 3.73. The number of hydrogen-bond acceptors (Lipinski definition) is 3. The number of fused-ring (bicyclic) bond motifs is 1. The van der Waals surface area contributed by atoms with E-state index in [0.717, 1.165) is 23.8 Å². The Morgan fingerprint density at radius 2 is 2.00 bits per heavy atom. The van der Waals surface area contributed by atoms with Gasteiger partial charge in [-0.2, -0.15) is 13.2 Å². The first-order valence-corrected chi connectivity index (χ1v) is 6.50. The molecule has 0 bridgehead atoms. The molecule has 9 heteroatoms. The largest absolute Gasteiger partial charge is 0.451 e. The summed E-state index contributed by atoms with van der Waals surface area (Å²) in [6, 6.07) is -0.0365. The van der Waals surface area contributed by atoms with Crippen molar-refractivity contribution < 1.29 is 18.0 Å². The highest BCUT2D eigenvalue weighted by Crippen LogP contribution is 2.29. The van der Waals surface area contributed by atoms with E-state index in [1.54, 1.807) is 0 Å². The van der Waals surface area contributed by atoms with Crippen molar-refractivity contribution in [3.63, 3.8) is 0 Å². The summed E-state index contributed by atoms with van der Waals surface area (Å²) in [4.78, 5) is 13.4. The van der Waals surface area contributed by atoms with Gasteiger partial charge in [-0.05, 0) is 19.3 Å². The topological polar surface area (TPSA) is 63.1 Å². The lowest BCUT2D eigenvalue weighted by Gasteiger charge is -2.32. The number of amides is 2. The molecule has 0 spiro atoms. The number of halogens is 3. The van der Waals surface area contributed by atoms with Crippen LogP contribution in [0.1, 0.15) is 30.9 Å². The highest BCUT2D eigenvalue weighted by atomic mass is 19.4. The Balaban J connectivity index is 1.69. The number of rotatable bonds is 1. The van der Waals surface area contributed by atoms with Crippen LogP contribution in [0.5, 0.6) is 0 Å². The zero-order valence-corrected chi connectivity index (χ0v) is 10.7. The van der Waals surface area contributed by atoms with Gasteiger partial charge in [0.25, 0.3) is 0 Å². The van der Waals surface area contributed by atoms with Crippen molar-refractivity contribution in [1.29, 1.82) is 0 Å². The van der Waals surface area contributed by atoms with Crippen molar-refractivity contribution >= 4 is 6.03 Å². The molecule has 6 nitrogen and oxygen atoms in total. The summed E-state index contributed by atoms with van der Waals surface area (Å²) >= 11 is 0. The minimum atomic E-state index is -4.51. The average molecular weight is 289 g/mol. The Morgan fingerprint density at radius 3 is 2.60 bits per heavy atom. The first-order chi connectivity index (χ1) is 9.45. The lowest BCUT2D eigenvalue weighted by atomic mass is 9.93. The summed E-state index contributed by atoms with van der Waals surface area (Å²) in [5, 5.41) is 9.58. The molecule has 1 aliphatic heterocycles. The molecule has 0 saturated heterocycles. The van der Waals surface area contributed by atoms with E-state index < -0.39 is 12.0 Å². The molecule has 0 radical (unpaired) electrons. The van der Waals surface area contributed by atoms with Crippen LogP contribution < -0.4 is 5.32 Å². The van der Waals surface area contributed by atoms with Gasteiger partial charge >= 0.3 is 12.2 Å². The first-order valence-electron chi connectivity index (χ1n) is 6.50. The lowest BCUT2D eigenvalue weighted by Crippen LogP contribution is -2.49. The molecule has 1 aromatic rings. The molecular formula is C11H14F3N5O. The van der Waals surface area contributed by atoms with Crippen molar-refractivity contribution in [2.45, 2.75) is 44.6 Å². The molecular weight excluding hydrogens is 275 g/mol. The SMILES string of the molecule is O=C(NC1CCC1)N1CCn2c(nnc2C(F)(F)F)C1. The molecule has 1 aliphatic carbocycles. The fourth-order valence-electron chi connectivity index (χ4n) is 2.36. The van der Waals surface area contributed by atoms with Crippen LogP contribution in [-0.2, 0) is 19.3 Å². The number of carbonyl (C=O) groups excluding carboxylic acids is 1. The van der Waals surface area contributed by atoms with Crippen LogP contribution in [0.3, 0.4) is 0 Å². The van der Waals surface area contributed by atoms with Crippen molar-refractivity contribution in [2.24, 2.45) is 0 Å². The summed E-state index contributed by atoms with van der Waals surface area (Å²) < 4.78 is 39.1. The zero-order valence-electron chi connectivity index (χ0n) is 10.7. The average Bonchev–Trinajstić information content (AvgIpc) is 2.75. The lowest BCUT2D eigenvalue weighted by molar-refractivity contribution is -0.147. The second-order valence-electron chi connectivity index (χ2n) is 5.09. The van der Waals surface area contributed by atoms with Gasteiger partial charge in [0.2, 0.25) is 5.82 Å². The molecule has 1 aromatic heterocycles. The second kappa shape index (κ2) is 4.64. The van der Waals surface area contributed by atoms with Crippen molar-refractivity contribution in [1.82, 2.24) is 25.0 Å². The highest BCUT2D eigenvalue weighted by molar-refractivity contribution is 5.74. The molecule has 2 aliphatic rings. The molecule has 0 atom stereocenters. The van der Waals surface area contributed by atoms with Crippen LogP contribution in [-0.4, -0.2) is 38.3 Å². The smallest absolute Gasteiger partial charge is 0.335 e.